The third kappa shape index (κ3) is 3.52. The maximum absolute atomic E-state index is 10.7. The van der Waals surface area contributed by atoms with Crippen LogP contribution in [0.2, 0.25) is 0 Å². The number of nitrogens with two attached hydrogens (primary N) is 1. The number of aromatic nitrogens is 4. The lowest BCUT2D eigenvalue weighted by molar-refractivity contribution is -0.119. The molecule has 0 saturated carbocycles. The summed E-state index contributed by atoms with van der Waals surface area (Å²) in [6, 6.07) is 0. The van der Waals surface area contributed by atoms with Crippen LogP contribution in [0.3, 0.4) is 0 Å². The zero-order chi connectivity index (χ0) is 15.9. The summed E-state index contributed by atoms with van der Waals surface area (Å²) in [4.78, 5) is 25.0. The quantitative estimate of drug-likeness (QED) is 0.868. The van der Waals surface area contributed by atoms with Crippen molar-refractivity contribution in [3.63, 3.8) is 0 Å². The molecule has 0 spiro atoms. The molecule has 1 aliphatic rings. The van der Waals surface area contributed by atoms with E-state index in [1.165, 1.54) is 6.33 Å². The van der Waals surface area contributed by atoms with Crippen molar-refractivity contribution in [2.24, 2.45) is 5.92 Å². The standard InChI is InChI=1S/C13H18N6O.C2H6/c14-12-11-13(16-7-15-12)19(8-17-11)6-3-10-1-4-18(9-20)5-2-10;1-2/h7-10H,1-6H2,(H2,14,15,16);1-2H3. The number of hydrogen-bond donors (Lipinski definition) is 1. The van der Waals surface area contributed by atoms with Crippen molar-refractivity contribution in [2.75, 3.05) is 18.8 Å². The Hall–Kier alpha value is -2.18. The number of carbonyl (C=O) groups is 1. The molecule has 2 aromatic heterocycles. The summed E-state index contributed by atoms with van der Waals surface area (Å²) in [5.41, 5.74) is 7.24. The molecule has 0 atom stereocenters. The Morgan fingerprint density at radius 2 is 2.00 bits per heavy atom. The molecule has 0 aromatic carbocycles. The highest BCUT2D eigenvalue weighted by Crippen LogP contribution is 2.22. The Bertz CT molecular complexity index is 603. The number of anilines is 1. The lowest BCUT2D eigenvalue weighted by Gasteiger charge is -2.29. The molecule has 1 fully saturated rings. The van der Waals surface area contributed by atoms with Gasteiger partial charge in [0, 0.05) is 19.6 Å². The van der Waals surface area contributed by atoms with Crippen LogP contribution in [0, 0.1) is 5.92 Å². The van der Waals surface area contributed by atoms with Gasteiger partial charge in [0.2, 0.25) is 6.41 Å². The van der Waals surface area contributed by atoms with E-state index in [1.807, 2.05) is 23.3 Å². The van der Waals surface area contributed by atoms with Crippen molar-refractivity contribution in [1.82, 2.24) is 24.4 Å². The van der Waals surface area contributed by atoms with E-state index >= 15 is 0 Å². The first-order valence-corrected chi connectivity index (χ1v) is 7.88. The summed E-state index contributed by atoms with van der Waals surface area (Å²) in [7, 11) is 0. The molecule has 0 aliphatic carbocycles. The number of rotatable bonds is 4. The van der Waals surface area contributed by atoms with Crippen LogP contribution in [0.25, 0.3) is 11.2 Å². The van der Waals surface area contributed by atoms with E-state index < -0.39 is 0 Å². The van der Waals surface area contributed by atoms with Gasteiger partial charge in [-0.1, -0.05) is 13.8 Å². The van der Waals surface area contributed by atoms with Gasteiger partial charge in [-0.25, -0.2) is 15.0 Å². The molecule has 7 heteroatoms. The first-order valence-electron chi connectivity index (χ1n) is 7.88. The van der Waals surface area contributed by atoms with Gasteiger partial charge >= 0.3 is 0 Å². The van der Waals surface area contributed by atoms with Gasteiger partial charge < -0.3 is 15.2 Å². The van der Waals surface area contributed by atoms with Gasteiger partial charge in [-0.15, -0.1) is 0 Å². The second-order valence-electron chi connectivity index (χ2n) is 5.24. The molecule has 1 amide bonds. The molecule has 120 valence electrons. The van der Waals surface area contributed by atoms with Crippen LogP contribution in [-0.4, -0.2) is 43.9 Å². The summed E-state index contributed by atoms with van der Waals surface area (Å²) >= 11 is 0. The molecule has 0 radical (unpaired) electrons. The molecule has 3 rings (SSSR count). The zero-order valence-electron chi connectivity index (χ0n) is 13.3. The average molecular weight is 304 g/mol. The SMILES string of the molecule is CC.Nc1ncnc2c1ncn2CCC1CCN(C=O)CC1. The number of carbonyl (C=O) groups excluding carboxylic acids is 1. The summed E-state index contributed by atoms with van der Waals surface area (Å²) < 4.78 is 2.03. The van der Waals surface area contributed by atoms with E-state index in [1.54, 1.807) is 6.33 Å². The van der Waals surface area contributed by atoms with Gasteiger partial charge in [0.25, 0.3) is 0 Å². The number of imidazole rings is 1. The van der Waals surface area contributed by atoms with Gasteiger partial charge in [-0.3, -0.25) is 4.79 Å². The Balaban J connectivity index is 0.000000847. The molecule has 22 heavy (non-hydrogen) atoms. The number of piperidine rings is 1. The fourth-order valence-electron chi connectivity index (χ4n) is 2.73. The maximum Gasteiger partial charge on any atom is 0.209 e. The van der Waals surface area contributed by atoms with E-state index in [-0.39, 0.29) is 0 Å². The fraction of sp³-hybridized carbons (Fsp3) is 0.600. The number of hydrogen-bond acceptors (Lipinski definition) is 5. The lowest BCUT2D eigenvalue weighted by Crippen LogP contribution is -2.32. The number of aryl methyl sites for hydroxylation is 1. The molecule has 2 N–H and O–H groups in total. The van der Waals surface area contributed by atoms with Crippen LogP contribution < -0.4 is 5.73 Å². The Morgan fingerprint density at radius 3 is 2.68 bits per heavy atom. The number of nitrogen functional groups attached to an aromatic ring is 1. The zero-order valence-corrected chi connectivity index (χ0v) is 13.3. The van der Waals surface area contributed by atoms with Crippen molar-refractivity contribution in [3.05, 3.63) is 12.7 Å². The van der Waals surface area contributed by atoms with Crippen molar-refractivity contribution in [1.29, 1.82) is 0 Å². The van der Waals surface area contributed by atoms with Gasteiger partial charge in [0.1, 0.15) is 11.8 Å². The van der Waals surface area contributed by atoms with Gasteiger partial charge in [0.05, 0.1) is 6.33 Å². The van der Waals surface area contributed by atoms with Gasteiger partial charge in [0.15, 0.2) is 11.5 Å². The molecule has 0 unspecified atom stereocenters. The highest BCUT2D eigenvalue weighted by Gasteiger charge is 2.18. The number of amides is 1. The van der Waals surface area contributed by atoms with Crippen LogP contribution >= 0.6 is 0 Å². The summed E-state index contributed by atoms with van der Waals surface area (Å²) in [5, 5.41) is 0. The van der Waals surface area contributed by atoms with Crippen LogP contribution in [0.5, 0.6) is 0 Å². The van der Waals surface area contributed by atoms with Gasteiger partial charge in [-0.2, -0.15) is 0 Å². The van der Waals surface area contributed by atoms with E-state index in [9.17, 15) is 4.79 Å². The van der Waals surface area contributed by atoms with E-state index in [2.05, 4.69) is 15.0 Å². The molecule has 1 saturated heterocycles. The third-order valence-electron chi connectivity index (χ3n) is 4.01. The van der Waals surface area contributed by atoms with Gasteiger partial charge in [-0.05, 0) is 25.2 Å². The summed E-state index contributed by atoms with van der Waals surface area (Å²) in [6.07, 6.45) is 7.40. The molecule has 0 bridgehead atoms. The predicted molar refractivity (Wildman–Crippen MR) is 86.1 cm³/mol. The first kappa shape index (κ1) is 16.2. The minimum absolute atomic E-state index is 0.424. The Labute approximate surface area is 130 Å². The van der Waals surface area contributed by atoms with Crippen LogP contribution in [0.1, 0.15) is 33.1 Å². The van der Waals surface area contributed by atoms with Crippen molar-refractivity contribution in [3.8, 4) is 0 Å². The second kappa shape index (κ2) is 7.72. The average Bonchev–Trinajstić information content (AvgIpc) is 3.00. The van der Waals surface area contributed by atoms with Crippen LogP contribution in [0.15, 0.2) is 12.7 Å². The Kier molecular flexibility index (Phi) is 5.68. The largest absolute Gasteiger partial charge is 0.382 e. The van der Waals surface area contributed by atoms with E-state index in [0.717, 1.165) is 51.0 Å². The first-order chi connectivity index (χ1) is 10.8. The minimum atomic E-state index is 0.424. The molecule has 7 nitrogen and oxygen atoms in total. The number of nitrogens with zero attached hydrogens (tertiary/aromatic N) is 5. The molecular weight excluding hydrogens is 280 g/mol. The molecular formula is C15H24N6O. The number of fused-ring (bicyclic) bond motifs is 1. The normalized spacial score (nSPS) is 15.5. The van der Waals surface area contributed by atoms with Crippen LogP contribution in [-0.2, 0) is 11.3 Å². The lowest BCUT2D eigenvalue weighted by atomic mass is 9.94. The van der Waals surface area contributed by atoms with E-state index in [0.29, 0.717) is 17.3 Å². The fourth-order valence-corrected chi connectivity index (χ4v) is 2.73. The smallest absolute Gasteiger partial charge is 0.209 e. The predicted octanol–water partition coefficient (Wildman–Crippen LogP) is 1.69. The van der Waals surface area contributed by atoms with Crippen LogP contribution in [0.4, 0.5) is 5.82 Å². The summed E-state index contributed by atoms with van der Waals surface area (Å²) in [6.45, 7) is 6.61. The minimum Gasteiger partial charge on any atom is -0.382 e. The maximum atomic E-state index is 10.7. The second-order valence-corrected chi connectivity index (χ2v) is 5.24. The van der Waals surface area contributed by atoms with Crippen molar-refractivity contribution in [2.45, 2.75) is 39.7 Å². The Morgan fingerprint density at radius 1 is 1.27 bits per heavy atom. The number of likely N-dealkylation sites (tertiary alicyclic amines) is 1. The third-order valence-corrected chi connectivity index (χ3v) is 4.01. The van der Waals surface area contributed by atoms with Crippen molar-refractivity contribution >= 4 is 23.4 Å². The molecule has 1 aliphatic heterocycles. The highest BCUT2D eigenvalue weighted by molar-refractivity contribution is 5.80. The van der Waals surface area contributed by atoms with E-state index in [4.69, 9.17) is 5.73 Å². The monoisotopic (exact) mass is 304 g/mol. The highest BCUT2D eigenvalue weighted by atomic mass is 16.1. The summed E-state index contributed by atoms with van der Waals surface area (Å²) in [5.74, 6) is 1.08. The molecule has 2 aromatic rings. The van der Waals surface area contributed by atoms with Crippen molar-refractivity contribution < 1.29 is 4.79 Å². The topological polar surface area (TPSA) is 89.9 Å². The molecule has 3 heterocycles.